The number of benzene rings is 1. The zero-order valence-electron chi connectivity index (χ0n) is 10.5. The van der Waals surface area contributed by atoms with Gasteiger partial charge in [0.15, 0.2) is 0 Å². The number of hydrogen-bond acceptors (Lipinski definition) is 2. The van der Waals surface area contributed by atoms with Crippen molar-refractivity contribution >= 4 is 6.08 Å². The number of methoxy groups -OCH3 is 1. The van der Waals surface area contributed by atoms with Gasteiger partial charge in [0, 0.05) is 12.1 Å². The molecule has 0 bridgehead atoms. The number of fused-ring (bicyclic) bond motifs is 1. The van der Waals surface area contributed by atoms with Crippen LogP contribution in [0.1, 0.15) is 36.0 Å². The van der Waals surface area contributed by atoms with Gasteiger partial charge in [0.05, 0.1) is 7.11 Å². The summed E-state index contributed by atoms with van der Waals surface area (Å²) in [7, 11) is 1.73. The molecule has 0 heterocycles. The van der Waals surface area contributed by atoms with Crippen LogP contribution in [0.3, 0.4) is 0 Å². The van der Waals surface area contributed by atoms with E-state index in [0.717, 1.165) is 12.2 Å². The molecule has 0 amide bonds. The molecule has 0 aromatic heterocycles. The minimum Gasteiger partial charge on any atom is -0.496 e. The molecular formula is C15H21NO. The first-order valence-corrected chi connectivity index (χ1v) is 6.42. The molecule has 0 atom stereocenters. The van der Waals surface area contributed by atoms with Gasteiger partial charge >= 0.3 is 0 Å². The van der Waals surface area contributed by atoms with Crippen LogP contribution in [0.5, 0.6) is 5.75 Å². The summed E-state index contributed by atoms with van der Waals surface area (Å²) in [6.45, 7) is 0.576. The molecule has 1 aromatic carbocycles. The minimum absolute atomic E-state index is 0.576. The largest absolute Gasteiger partial charge is 0.496 e. The average Bonchev–Trinajstić information content (AvgIpc) is 2.60. The van der Waals surface area contributed by atoms with E-state index in [0.29, 0.717) is 6.54 Å². The second-order valence-corrected chi connectivity index (χ2v) is 4.52. The zero-order chi connectivity index (χ0) is 12.1. The van der Waals surface area contributed by atoms with Crippen LogP contribution in [0.4, 0.5) is 0 Å². The highest BCUT2D eigenvalue weighted by Crippen LogP contribution is 2.31. The minimum atomic E-state index is 0.576. The fraction of sp³-hybridized carbons (Fsp3) is 0.467. The highest BCUT2D eigenvalue weighted by Gasteiger charge is 2.14. The van der Waals surface area contributed by atoms with Crippen molar-refractivity contribution in [2.75, 3.05) is 13.7 Å². The van der Waals surface area contributed by atoms with Gasteiger partial charge in [-0.25, -0.2) is 0 Å². The average molecular weight is 231 g/mol. The first kappa shape index (κ1) is 12.2. The maximum Gasteiger partial charge on any atom is 0.126 e. The van der Waals surface area contributed by atoms with Crippen LogP contribution in [0.2, 0.25) is 0 Å². The number of nitrogens with two attached hydrogens (primary N) is 1. The molecule has 2 heteroatoms. The lowest BCUT2D eigenvalue weighted by Crippen LogP contribution is -1.99. The van der Waals surface area contributed by atoms with E-state index in [2.05, 4.69) is 18.2 Å². The standard InChI is InChI=1S/C15H21NO/c1-17-15-10-9-12-6-3-2-4-7-13(12)14(15)8-5-11-16/h5,8-10H,2-4,6-7,11,16H2,1H3/b8-5+. The number of aryl methyl sites for hydroxylation is 1. The van der Waals surface area contributed by atoms with Gasteiger partial charge in [0.2, 0.25) is 0 Å². The van der Waals surface area contributed by atoms with E-state index < -0.39 is 0 Å². The van der Waals surface area contributed by atoms with E-state index in [1.165, 1.54) is 42.4 Å². The van der Waals surface area contributed by atoms with Crippen molar-refractivity contribution in [1.82, 2.24) is 0 Å². The second kappa shape index (κ2) is 5.87. The van der Waals surface area contributed by atoms with E-state index in [1.807, 2.05) is 6.08 Å². The van der Waals surface area contributed by atoms with Crippen molar-refractivity contribution in [3.05, 3.63) is 34.9 Å². The summed E-state index contributed by atoms with van der Waals surface area (Å²) >= 11 is 0. The predicted molar refractivity (Wildman–Crippen MR) is 72.3 cm³/mol. The third-order valence-electron chi connectivity index (χ3n) is 3.43. The number of hydrogen-bond donors (Lipinski definition) is 1. The Kier molecular flexibility index (Phi) is 4.21. The van der Waals surface area contributed by atoms with Crippen LogP contribution in [0, 0.1) is 0 Å². The molecule has 0 spiro atoms. The third kappa shape index (κ3) is 2.70. The van der Waals surface area contributed by atoms with Crippen LogP contribution in [0.25, 0.3) is 6.08 Å². The normalized spacial score (nSPS) is 15.6. The van der Waals surface area contributed by atoms with E-state index in [9.17, 15) is 0 Å². The van der Waals surface area contributed by atoms with Crippen LogP contribution in [0.15, 0.2) is 18.2 Å². The lowest BCUT2D eigenvalue weighted by atomic mass is 9.96. The Bertz CT molecular complexity index is 410. The van der Waals surface area contributed by atoms with Crippen LogP contribution < -0.4 is 10.5 Å². The van der Waals surface area contributed by atoms with Crippen molar-refractivity contribution < 1.29 is 4.74 Å². The second-order valence-electron chi connectivity index (χ2n) is 4.52. The van der Waals surface area contributed by atoms with Crippen LogP contribution >= 0.6 is 0 Å². The fourth-order valence-corrected chi connectivity index (χ4v) is 2.56. The Labute approximate surface area is 103 Å². The van der Waals surface area contributed by atoms with E-state index >= 15 is 0 Å². The molecule has 17 heavy (non-hydrogen) atoms. The molecule has 0 aliphatic heterocycles. The van der Waals surface area contributed by atoms with Crippen LogP contribution in [-0.2, 0) is 12.8 Å². The quantitative estimate of drug-likeness (QED) is 0.812. The molecule has 2 N–H and O–H groups in total. The summed E-state index contributed by atoms with van der Waals surface area (Å²) in [6, 6.07) is 4.31. The third-order valence-corrected chi connectivity index (χ3v) is 3.43. The first-order chi connectivity index (χ1) is 8.36. The summed E-state index contributed by atoms with van der Waals surface area (Å²) in [6.07, 6.45) is 10.4. The highest BCUT2D eigenvalue weighted by atomic mass is 16.5. The molecule has 2 nitrogen and oxygen atoms in total. The molecule has 1 aliphatic carbocycles. The van der Waals surface area contributed by atoms with Crippen molar-refractivity contribution in [1.29, 1.82) is 0 Å². The van der Waals surface area contributed by atoms with Gasteiger partial charge in [0.25, 0.3) is 0 Å². The van der Waals surface area contributed by atoms with Gasteiger partial charge in [-0.05, 0) is 42.9 Å². The fourth-order valence-electron chi connectivity index (χ4n) is 2.56. The van der Waals surface area contributed by atoms with Crippen molar-refractivity contribution in [2.24, 2.45) is 5.73 Å². The lowest BCUT2D eigenvalue weighted by Gasteiger charge is -2.14. The van der Waals surface area contributed by atoms with Gasteiger partial charge in [-0.2, -0.15) is 0 Å². The van der Waals surface area contributed by atoms with Crippen molar-refractivity contribution in [3.8, 4) is 5.75 Å². The van der Waals surface area contributed by atoms with E-state index in [4.69, 9.17) is 10.5 Å². The maximum absolute atomic E-state index is 5.55. The Morgan fingerprint density at radius 3 is 2.82 bits per heavy atom. The Balaban J connectivity index is 2.46. The Morgan fingerprint density at radius 1 is 1.24 bits per heavy atom. The number of ether oxygens (including phenoxy) is 1. The maximum atomic E-state index is 5.55. The number of rotatable bonds is 3. The van der Waals surface area contributed by atoms with Gasteiger partial charge < -0.3 is 10.5 Å². The molecule has 0 radical (unpaired) electrons. The van der Waals surface area contributed by atoms with Gasteiger partial charge in [-0.3, -0.25) is 0 Å². The monoisotopic (exact) mass is 231 g/mol. The van der Waals surface area contributed by atoms with Gasteiger partial charge in [-0.15, -0.1) is 0 Å². The van der Waals surface area contributed by atoms with Crippen LogP contribution in [-0.4, -0.2) is 13.7 Å². The summed E-state index contributed by atoms with van der Waals surface area (Å²) in [5.74, 6) is 0.968. The molecular weight excluding hydrogens is 210 g/mol. The van der Waals surface area contributed by atoms with Gasteiger partial charge in [0.1, 0.15) is 5.75 Å². The molecule has 0 saturated carbocycles. The lowest BCUT2D eigenvalue weighted by molar-refractivity contribution is 0.413. The Morgan fingerprint density at radius 2 is 2.06 bits per heavy atom. The summed E-state index contributed by atoms with van der Waals surface area (Å²) < 4.78 is 5.46. The zero-order valence-corrected chi connectivity index (χ0v) is 10.5. The smallest absolute Gasteiger partial charge is 0.126 e. The highest BCUT2D eigenvalue weighted by molar-refractivity contribution is 5.63. The molecule has 2 rings (SSSR count). The van der Waals surface area contributed by atoms with E-state index in [1.54, 1.807) is 7.11 Å². The molecule has 0 saturated heterocycles. The SMILES string of the molecule is COc1ccc2c(c1/C=C/CN)CCCCC2. The molecule has 1 aliphatic rings. The topological polar surface area (TPSA) is 35.2 Å². The first-order valence-electron chi connectivity index (χ1n) is 6.42. The predicted octanol–water partition coefficient (Wildman–Crippen LogP) is 2.94. The summed E-state index contributed by atoms with van der Waals surface area (Å²) in [4.78, 5) is 0. The molecule has 0 unspecified atom stereocenters. The van der Waals surface area contributed by atoms with Crippen molar-refractivity contribution in [3.63, 3.8) is 0 Å². The molecule has 0 fully saturated rings. The molecule has 92 valence electrons. The molecule has 1 aromatic rings. The summed E-state index contributed by atoms with van der Waals surface area (Å²) in [5.41, 5.74) is 9.73. The summed E-state index contributed by atoms with van der Waals surface area (Å²) in [5, 5.41) is 0. The van der Waals surface area contributed by atoms with E-state index in [-0.39, 0.29) is 0 Å². The van der Waals surface area contributed by atoms with Crippen molar-refractivity contribution in [2.45, 2.75) is 32.1 Å². The Hall–Kier alpha value is -1.28. The van der Waals surface area contributed by atoms with Gasteiger partial charge in [-0.1, -0.05) is 24.6 Å².